The molecule has 0 fully saturated rings. The highest BCUT2D eigenvalue weighted by Gasteiger charge is 1.94. The Kier molecular flexibility index (Phi) is 4.28. The number of benzene rings is 1. The molecule has 2 heteroatoms. The van der Waals surface area contributed by atoms with Gasteiger partial charge in [-0.25, -0.2) is 0 Å². The van der Waals surface area contributed by atoms with Gasteiger partial charge in [0.05, 0.1) is 0 Å². The van der Waals surface area contributed by atoms with E-state index in [-0.39, 0.29) is 0 Å². The van der Waals surface area contributed by atoms with Crippen LogP contribution in [-0.4, -0.2) is 11.5 Å². The molecule has 0 aliphatic heterocycles. The van der Waals surface area contributed by atoms with Gasteiger partial charge >= 0.3 is 0 Å². The first kappa shape index (κ1) is 11.8. The van der Waals surface area contributed by atoms with E-state index in [1.165, 1.54) is 16.7 Å². The molecule has 0 radical (unpaired) electrons. The number of rotatable bonds is 5. The van der Waals surface area contributed by atoms with E-state index in [2.05, 4.69) is 47.6 Å². The van der Waals surface area contributed by atoms with Crippen molar-refractivity contribution < 1.29 is 0 Å². The van der Waals surface area contributed by atoms with E-state index in [0.29, 0.717) is 0 Å². The highest BCUT2D eigenvalue weighted by Crippen LogP contribution is 2.04. The Labute approximate surface area is 103 Å². The van der Waals surface area contributed by atoms with E-state index in [1.54, 1.807) is 6.20 Å². The summed E-state index contributed by atoms with van der Waals surface area (Å²) in [6, 6.07) is 12.7. The summed E-state index contributed by atoms with van der Waals surface area (Å²) in [5.74, 6) is 0. The third kappa shape index (κ3) is 4.00. The number of aromatic nitrogens is 1. The maximum Gasteiger partial charge on any atom is 0.0312 e. The summed E-state index contributed by atoms with van der Waals surface area (Å²) >= 11 is 0. The van der Waals surface area contributed by atoms with Crippen molar-refractivity contribution in [3.05, 3.63) is 65.5 Å². The fourth-order valence-corrected chi connectivity index (χ4v) is 1.84. The molecule has 88 valence electrons. The number of nitrogens with one attached hydrogen (secondary N) is 1. The van der Waals surface area contributed by atoms with Crippen molar-refractivity contribution in [1.82, 2.24) is 10.3 Å². The first-order chi connectivity index (χ1) is 8.34. The van der Waals surface area contributed by atoms with Gasteiger partial charge in [-0.1, -0.05) is 35.9 Å². The first-order valence-electron chi connectivity index (χ1n) is 6.00. The molecule has 0 aliphatic carbocycles. The second kappa shape index (κ2) is 6.16. The van der Waals surface area contributed by atoms with Crippen LogP contribution in [0.4, 0.5) is 0 Å². The largest absolute Gasteiger partial charge is 0.312 e. The van der Waals surface area contributed by atoms with Crippen LogP contribution >= 0.6 is 0 Å². The van der Waals surface area contributed by atoms with E-state index in [4.69, 9.17) is 0 Å². The monoisotopic (exact) mass is 226 g/mol. The Morgan fingerprint density at radius 3 is 2.76 bits per heavy atom. The van der Waals surface area contributed by atoms with Crippen LogP contribution in [0.25, 0.3) is 0 Å². The zero-order valence-corrected chi connectivity index (χ0v) is 10.2. The molecular weight excluding hydrogens is 208 g/mol. The summed E-state index contributed by atoms with van der Waals surface area (Å²) in [5.41, 5.74) is 3.95. The molecule has 0 saturated carbocycles. The van der Waals surface area contributed by atoms with Crippen LogP contribution in [0.15, 0.2) is 48.8 Å². The van der Waals surface area contributed by atoms with Crippen LogP contribution in [0.1, 0.15) is 16.7 Å². The fourth-order valence-electron chi connectivity index (χ4n) is 1.84. The van der Waals surface area contributed by atoms with Crippen molar-refractivity contribution in [2.75, 3.05) is 6.54 Å². The lowest BCUT2D eigenvalue weighted by molar-refractivity contribution is 0.685. The molecule has 2 aromatic rings. The molecule has 2 rings (SSSR count). The summed E-state index contributed by atoms with van der Waals surface area (Å²) in [5, 5.41) is 3.43. The summed E-state index contributed by atoms with van der Waals surface area (Å²) < 4.78 is 0. The smallest absolute Gasteiger partial charge is 0.0312 e. The summed E-state index contributed by atoms with van der Waals surface area (Å²) in [7, 11) is 0. The summed E-state index contributed by atoms with van der Waals surface area (Å²) in [4.78, 5) is 4.09. The van der Waals surface area contributed by atoms with Gasteiger partial charge in [0.2, 0.25) is 0 Å². The van der Waals surface area contributed by atoms with Crippen molar-refractivity contribution in [2.24, 2.45) is 0 Å². The van der Waals surface area contributed by atoms with E-state index in [0.717, 1.165) is 19.5 Å². The van der Waals surface area contributed by atoms with Gasteiger partial charge in [-0.2, -0.15) is 0 Å². The normalized spacial score (nSPS) is 10.4. The molecule has 0 saturated heterocycles. The zero-order valence-electron chi connectivity index (χ0n) is 10.2. The molecule has 1 aromatic carbocycles. The van der Waals surface area contributed by atoms with Crippen LogP contribution in [0, 0.1) is 6.92 Å². The van der Waals surface area contributed by atoms with Crippen molar-refractivity contribution in [1.29, 1.82) is 0 Å². The molecule has 1 aromatic heterocycles. The second-order valence-corrected chi connectivity index (χ2v) is 4.28. The van der Waals surface area contributed by atoms with Crippen molar-refractivity contribution in [3.8, 4) is 0 Å². The predicted octanol–water partition coefficient (Wildman–Crippen LogP) is 2.72. The summed E-state index contributed by atoms with van der Waals surface area (Å²) in [6.45, 7) is 4.02. The van der Waals surface area contributed by atoms with Gasteiger partial charge in [-0.3, -0.25) is 4.98 Å². The molecular formula is C15H18N2. The quantitative estimate of drug-likeness (QED) is 0.793. The van der Waals surface area contributed by atoms with Crippen molar-refractivity contribution in [2.45, 2.75) is 19.9 Å². The van der Waals surface area contributed by atoms with Gasteiger partial charge in [0.1, 0.15) is 0 Å². The van der Waals surface area contributed by atoms with Crippen molar-refractivity contribution in [3.63, 3.8) is 0 Å². The Morgan fingerprint density at radius 2 is 2.00 bits per heavy atom. The predicted molar refractivity (Wildman–Crippen MR) is 70.8 cm³/mol. The molecule has 0 atom stereocenters. The fraction of sp³-hybridized carbons (Fsp3) is 0.267. The van der Waals surface area contributed by atoms with Gasteiger partial charge < -0.3 is 5.32 Å². The highest BCUT2D eigenvalue weighted by molar-refractivity contribution is 5.22. The molecule has 1 N–H and O–H groups in total. The number of hydrogen-bond donors (Lipinski definition) is 1. The third-order valence-corrected chi connectivity index (χ3v) is 2.72. The third-order valence-electron chi connectivity index (χ3n) is 2.72. The minimum atomic E-state index is 0.889. The second-order valence-electron chi connectivity index (χ2n) is 4.28. The van der Waals surface area contributed by atoms with E-state index >= 15 is 0 Å². The Bertz CT molecular complexity index is 451. The molecule has 0 aliphatic rings. The summed E-state index contributed by atoms with van der Waals surface area (Å²) in [6.07, 6.45) is 4.78. The SMILES string of the molecule is Cc1cccc(CCNCc2cccnc2)c1. The van der Waals surface area contributed by atoms with Crippen LogP contribution in [-0.2, 0) is 13.0 Å². The number of pyridine rings is 1. The molecule has 0 unspecified atom stereocenters. The van der Waals surface area contributed by atoms with Gasteiger partial charge in [0, 0.05) is 18.9 Å². The maximum absolute atomic E-state index is 4.09. The Morgan fingerprint density at radius 1 is 1.12 bits per heavy atom. The lowest BCUT2D eigenvalue weighted by Crippen LogP contribution is -2.16. The minimum Gasteiger partial charge on any atom is -0.312 e. The molecule has 0 amide bonds. The molecule has 1 heterocycles. The van der Waals surface area contributed by atoms with Gasteiger partial charge in [0.25, 0.3) is 0 Å². The molecule has 2 nitrogen and oxygen atoms in total. The lowest BCUT2D eigenvalue weighted by Gasteiger charge is -2.05. The highest BCUT2D eigenvalue weighted by atomic mass is 14.8. The first-order valence-corrected chi connectivity index (χ1v) is 6.00. The maximum atomic E-state index is 4.09. The lowest BCUT2D eigenvalue weighted by atomic mass is 10.1. The Balaban J connectivity index is 1.73. The average Bonchev–Trinajstić information content (AvgIpc) is 2.36. The van der Waals surface area contributed by atoms with Crippen LogP contribution in [0.3, 0.4) is 0 Å². The van der Waals surface area contributed by atoms with E-state index in [9.17, 15) is 0 Å². The van der Waals surface area contributed by atoms with E-state index in [1.807, 2.05) is 12.3 Å². The average molecular weight is 226 g/mol. The number of aryl methyl sites for hydroxylation is 1. The van der Waals surface area contributed by atoms with Crippen molar-refractivity contribution >= 4 is 0 Å². The van der Waals surface area contributed by atoms with Gasteiger partial charge in [0.15, 0.2) is 0 Å². The molecule has 17 heavy (non-hydrogen) atoms. The van der Waals surface area contributed by atoms with Crippen LogP contribution in [0.5, 0.6) is 0 Å². The van der Waals surface area contributed by atoms with Crippen LogP contribution in [0.2, 0.25) is 0 Å². The number of nitrogens with zero attached hydrogens (tertiary/aromatic N) is 1. The standard InChI is InChI=1S/C15H18N2/c1-13-4-2-5-14(10-13)7-9-17-12-15-6-3-8-16-11-15/h2-6,8,10-11,17H,7,9,12H2,1H3. The topological polar surface area (TPSA) is 24.9 Å². The van der Waals surface area contributed by atoms with E-state index < -0.39 is 0 Å². The minimum absolute atomic E-state index is 0.889. The number of hydrogen-bond acceptors (Lipinski definition) is 2. The molecule has 0 spiro atoms. The molecule has 0 bridgehead atoms. The van der Waals surface area contributed by atoms with Crippen LogP contribution < -0.4 is 5.32 Å². The Hall–Kier alpha value is -1.67. The van der Waals surface area contributed by atoms with Gasteiger partial charge in [-0.05, 0) is 37.1 Å². The zero-order chi connectivity index (χ0) is 11.9. The van der Waals surface area contributed by atoms with Gasteiger partial charge in [-0.15, -0.1) is 0 Å².